The van der Waals surface area contributed by atoms with Crippen molar-refractivity contribution in [3.63, 3.8) is 0 Å². The molecule has 0 aliphatic heterocycles. The summed E-state index contributed by atoms with van der Waals surface area (Å²) in [5.41, 5.74) is 7.55. The topological polar surface area (TPSA) is 99.3 Å². The standard InChI is InChI=1S/C26H26N4O3S/c31-22(27-18-19-10-4-1-5-11-19)16-17-23(32)29-30-26(34)28-25(33)24(20-12-6-2-7-13-20)21-14-8-3-9-15-21/h1-15,24H,16-18H2,(H,27,31)(H,29,32)(H2,28,30,33,34). The van der Waals surface area contributed by atoms with Gasteiger partial charge in [0.25, 0.3) is 0 Å². The van der Waals surface area contributed by atoms with Gasteiger partial charge in [0.2, 0.25) is 17.7 Å². The molecule has 3 amide bonds. The third-order valence-electron chi connectivity index (χ3n) is 4.99. The van der Waals surface area contributed by atoms with Crippen molar-refractivity contribution in [1.82, 2.24) is 21.5 Å². The van der Waals surface area contributed by atoms with Crippen LogP contribution in [0.15, 0.2) is 91.0 Å². The molecule has 0 heterocycles. The van der Waals surface area contributed by atoms with E-state index in [4.69, 9.17) is 12.2 Å². The van der Waals surface area contributed by atoms with Gasteiger partial charge < -0.3 is 10.6 Å². The largest absolute Gasteiger partial charge is 0.352 e. The number of benzene rings is 3. The molecule has 3 aromatic carbocycles. The van der Waals surface area contributed by atoms with E-state index in [1.807, 2.05) is 91.0 Å². The maximum atomic E-state index is 13.0. The van der Waals surface area contributed by atoms with Crippen molar-refractivity contribution >= 4 is 35.1 Å². The first-order chi connectivity index (χ1) is 16.5. The molecule has 4 N–H and O–H groups in total. The van der Waals surface area contributed by atoms with E-state index in [0.717, 1.165) is 16.7 Å². The van der Waals surface area contributed by atoms with Crippen LogP contribution in [0.4, 0.5) is 0 Å². The van der Waals surface area contributed by atoms with Crippen molar-refractivity contribution in [2.45, 2.75) is 25.3 Å². The van der Waals surface area contributed by atoms with Crippen LogP contribution in [0, 0.1) is 0 Å². The van der Waals surface area contributed by atoms with Gasteiger partial charge in [-0.1, -0.05) is 91.0 Å². The summed E-state index contributed by atoms with van der Waals surface area (Å²) in [6, 6.07) is 28.2. The van der Waals surface area contributed by atoms with E-state index in [9.17, 15) is 14.4 Å². The molecule has 7 nitrogen and oxygen atoms in total. The number of thiocarbonyl (C=S) groups is 1. The van der Waals surface area contributed by atoms with E-state index in [2.05, 4.69) is 21.5 Å². The molecule has 8 heteroatoms. The van der Waals surface area contributed by atoms with Gasteiger partial charge in [-0.15, -0.1) is 0 Å². The second kappa shape index (κ2) is 12.9. The number of hydrogen-bond acceptors (Lipinski definition) is 4. The minimum Gasteiger partial charge on any atom is -0.352 e. The third-order valence-corrected chi connectivity index (χ3v) is 5.20. The summed E-state index contributed by atoms with van der Waals surface area (Å²) in [6.45, 7) is 0.402. The molecular formula is C26H26N4O3S. The molecule has 0 aromatic heterocycles. The van der Waals surface area contributed by atoms with Crippen molar-refractivity contribution < 1.29 is 14.4 Å². The lowest BCUT2D eigenvalue weighted by molar-refractivity contribution is -0.126. The Kier molecular flexibility index (Phi) is 9.30. The minimum absolute atomic E-state index is 0.0269. The highest BCUT2D eigenvalue weighted by Crippen LogP contribution is 2.24. The van der Waals surface area contributed by atoms with Gasteiger partial charge >= 0.3 is 0 Å². The molecule has 0 aliphatic rings. The van der Waals surface area contributed by atoms with Crippen LogP contribution in [0.3, 0.4) is 0 Å². The molecule has 0 unspecified atom stereocenters. The molecule has 0 radical (unpaired) electrons. The molecule has 0 atom stereocenters. The van der Waals surface area contributed by atoms with Gasteiger partial charge in [-0.05, 0) is 28.9 Å². The average Bonchev–Trinajstić information content (AvgIpc) is 2.87. The zero-order valence-electron chi connectivity index (χ0n) is 18.5. The lowest BCUT2D eigenvalue weighted by atomic mass is 9.90. The number of carbonyl (C=O) groups excluding carboxylic acids is 3. The molecule has 3 aromatic rings. The highest BCUT2D eigenvalue weighted by molar-refractivity contribution is 7.80. The van der Waals surface area contributed by atoms with Crippen molar-refractivity contribution in [3.05, 3.63) is 108 Å². The lowest BCUT2D eigenvalue weighted by Gasteiger charge is -2.18. The Morgan fingerprint density at radius 2 is 1.18 bits per heavy atom. The number of amides is 3. The number of hydrogen-bond donors (Lipinski definition) is 4. The van der Waals surface area contributed by atoms with E-state index in [1.165, 1.54) is 0 Å². The Balaban J connectivity index is 1.44. The fourth-order valence-electron chi connectivity index (χ4n) is 3.30. The van der Waals surface area contributed by atoms with Gasteiger partial charge in [-0.2, -0.15) is 0 Å². The number of rotatable bonds is 8. The van der Waals surface area contributed by atoms with Gasteiger partial charge in [-0.25, -0.2) is 0 Å². The number of carbonyl (C=O) groups is 3. The molecular weight excluding hydrogens is 448 g/mol. The van der Waals surface area contributed by atoms with Crippen LogP contribution in [0.25, 0.3) is 0 Å². The summed E-state index contributed by atoms with van der Waals surface area (Å²) >= 11 is 5.16. The molecule has 3 rings (SSSR count). The first-order valence-corrected chi connectivity index (χ1v) is 11.2. The predicted octanol–water partition coefficient (Wildman–Crippen LogP) is 2.94. The molecule has 0 saturated carbocycles. The second-order valence-electron chi connectivity index (χ2n) is 7.51. The number of nitrogens with one attached hydrogen (secondary N) is 4. The van der Waals surface area contributed by atoms with Crippen LogP contribution < -0.4 is 21.5 Å². The average molecular weight is 475 g/mol. The molecule has 0 bridgehead atoms. The molecule has 0 aliphatic carbocycles. The Bertz CT molecular complexity index is 1070. The highest BCUT2D eigenvalue weighted by atomic mass is 32.1. The Morgan fingerprint density at radius 3 is 1.74 bits per heavy atom. The summed E-state index contributed by atoms with van der Waals surface area (Å²) in [4.78, 5) is 37.0. The van der Waals surface area contributed by atoms with Crippen molar-refractivity contribution in [3.8, 4) is 0 Å². The molecule has 0 spiro atoms. The monoisotopic (exact) mass is 474 g/mol. The molecule has 0 saturated heterocycles. The maximum absolute atomic E-state index is 13.0. The van der Waals surface area contributed by atoms with E-state index in [-0.39, 0.29) is 29.8 Å². The normalized spacial score (nSPS) is 10.3. The summed E-state index contributed by atoms with van der Waals surface area (Å²) in [6.07, 6.45) is 0.00436. The Labute approximate surface area is 203 Å². The Morgan fingerprint density at radius 1 is 0.676 bits per heavy atom. The quantitative estimate of drug-likeness (QED) is 0.297. The van der Waals surface area contributed by atoms with E-state index in [0.29, 0.717) is 6.54 Å². The van der Waals surface area contributed by atoms with Gasteiger partial charge in [0.1, 0.15) is 0 Å². The van der Waals surface area contributed by atoms with E-state index >= 15 is 0 Å². The van der Waals surface area contributed by atoms with Gasteiger partial charge in [0.15, 0.2) is 5.11 Å². The van der Waals surface area contributed by atoms with Crippen molar-refractivity contribution in [2.75, 3.05) is 0 Å². The zero-order valence-corrected chi connectivity index (χ0v) is 19.3. The van der Waals surface area contributed by atoms with Crippen LogP contribution in [0.5, 0.6) is 0 Å². The third kappa shape index (κ3) is 7.83. The fraction of sp³-hybridized carbons (Fsp3) is 0.154. The molecule has 34 heavy (non-hydrogen) atoms. The second-order valence-corrected chi connectivity index (χ2v) is 7.92. The maximum Gasteiger partial charge on any atom is 0.238 e. The predicted molar refractivity (Wildman–Crippen MR) is 134 cm³/mol. The zero-order chi connectivity index (χ0) is 24.2. The van der Waals surface area contributed by atoms with Gasteiger partial charge in [-0.3, -0.25) is 25.2 Å². The van der Waals surface area contributed by atoms with Crippen molar-refractivity contribution in [1.29, 1.82) is 0 Å². The van der Waals surface area contributed by atoms with E-state index < -0.39 is 11.8 Å². The van der Waals surface area contributed by atoms with Crippen LogP contribution >= 0.6 is 12.2 Å². The highest BCUT2D eigenvalue weighted by Gasteiger charge is 2.23. The smallest absolute Gasteiger partial charge is 0.238 e. The first-order valence-electron chi connectivity index (χ1n) is 10.8. The first kappa shape index (κ1) is 24.6. The number of hydrazine groups is 1. The van der Waals surface area contributed by atoms with Crippen molar-refractivity contribution in [2.24, 2.45) is 0 Å². The van der Waals surface area contributed by atoms with Crippen LogP contribution in [-0.2, 0) is 20.9 Å². The van der Waals surface area contributed by atoms with Crippen LogP contribution in [0.1, 0.15) is 35.4 Å². The molecule has 0 fully saturated rings. The Hall–Kier alpha value is -4.04. The SMILES string of the molecule is O=C(CCC(=O)NNC(=S)NC(=O)C(c1ccccc1)c1ccccc1)NCc1ccccc1. The summed E-state index contributed by atoms with van der Waals surface area (Å²) < 4.78 is 0. The minimum atomic E-state index is -0.564. The van der Waals surface area contributed by atoms with Gasteiger partial charge in [0.05, 0.1) is 5.92 Å². The lowest BCUT2D eigenvalue weighted by Crippen LogP contribution is -2.49. The molecule has 174 valence electrons. The van der Waals surface area contributed by atoms with E-state index in [1.54, 1.807) is 0 Å². The summed E-state index contributed by atoms with van der Waals surface area (Å²) in [5.74, 6) is -1.55. The summed E-state index contributed by atoms with van der Waals surface area (Å²) in [7, 11) is 0. The van der Waals surface area contributed by atoms with Gasteiger partial charge in [0, 0.05) is 19.4 Å². The summed E-state index contributed by atoms with van der Waals surface area (Å²) in [5, 5.41) is 5.35. The fourth-order valence-corrected chi connectivity index (χ4v) is 3.45. The van der Waals surface area contributed by atoms with Crippen LogP contribution in [0.2, 0.25) is 0 Å². The van der Waals surface area contributed by atoms with Crippen LogP contribution in [-0.4, -0.2) is 22.8 Å².